The fraction of sp³-hybridized carbons (Fsp3) is 0.381. The second-order valence-corrected chi connectivity index (χ2v) is 8.58. The standard InChI is InChI=1S/C21H28N2O5S/c1-6-20(21(24)22(2)15-16-7-11-18(27-3)12-8-16)23(29(5,25)26)17-9-13-19(28-4)14-10-17/h7-14,20H,6,15H2,1-5H3. The Morgan fingerprint density at radius 2 is 1.45 bits per heavy atom. The molecule has 0 fully saturated rings. The van der Waals surface area contributed by atoms with Gasteiger partial charge in [0.1, 0.15) is 17.5 Å². The van der Waals surface area contributed by atoms with Crippen LogP contribution >= 0.6 is 0 Å². The average molecular weight is 421 g/mol. The number of benzene rings is 2. The second-order valence-electron chi connectivity index (χ2n) is 6.72. The van der Waals surface area contributed by atoms with E-state index in [4.69, 9.17) is 9.47 Å². The van der Waals surface area contributed by atoms with E-state index in [9.17, 15) is 13.2 Å². The number of anilines is 1. The van der Waals surface area contributed by atoms with Crippen molar-refractivity contribution in [2.24, 2.45) is 0 Å². The van der Waals surface area contributed by atoms with Crippen LogP contribution in [-0.4, -0.2) is 52.8 Å². The van der Waals surface area contributed by atoms with Gasteiger partial charge in [-0.2, -0.15) is 0 Å². The molecule has 8 heteroatoms. The van der Waals surface area contributed by atoms with Crippen LogP contribution in [-0.2, 0) is 21.4 Å². The van der Waals surface area contributed by atoms with Gasteiger partial charge in [-0.15, -0.1) is 0 Å². The van der Waals surface area contributed by atoms with Gasteiger partial charge in [0, 0.05) is 13.6 Å². The zero-order valence-corrected chi connectivity index (χ0v) is 18.3. The first-order valence-electron chi connectivity index (χ1n) is 9.22. The number of sulfonamides is 1. The minimum absolute atomic E-state index is 0.274. The molecule has 0 bridgehead atoms. The third-order valence-corrected chi connectivity index (χ3v) is 5.77. The van der Waals surface area contributed by atoms with Crippen LogP contribution in [0.25, 0.3) is 0 Å². The van der Waals surface area contributed by atoms with E-state index >= 15 is 0 Å². The molecule has 0 saturated carbocycles. The number of nitrogens with zero attached hydrogens (tertiary/aromatic N) is 2. The van der Waals surface area contributed by atoms with Gasteiger partial charge in [-0.25, -0.2) is 8.42 Å². The molecule has 2 rings (SSSR count). The Labute approximate surface area is 172 Å². The number of likely N-dealkylation sites (N-methyl/N-ethyl adjacent to an activating group) is 1. The molecule has 29 heavy (non-hydrogen) atoms. The van der Waals surface area contributed by atoms with E-state index < -0.39 is 16.1 Å². The first-order chi connectivity index (χ1) is 13.7. The normalized spacial score (nSPS) is 12.2. The topological polar surface area (TPSA) is 76.2 Å². The van der Waals surface area contributed by atoms with Crippen molar-refractivity contribution in [1.29, 1.82) is 0 Å². The summed E-state index contributed by atoms with van der Waals surface area (Å²) < 4.78 is 36.6. The minimum atomic E-state index is -3.68. The molecule has 158 valence electrons. The molecule has 1 amide bonds. The van der Waals surface area contributed by atoms with Gasteiger partial charge in [-0.05, 0) is 48.4 Å². The van der Waals surface area contributed by atoms with E-state index in [1.165, 1.54) is 16.3 Å². The molecule has 0 saturated heterocycles. The van der Waals surface area contributed by atoms with E-state index in [1.807, 2.05) is 24.3 Å². The summed E-state index contributed by atoms with van der Waals surface area (Å²) in [6, 6.07) is 13.2. The van der Waals surface area contributed by atoms with Gasteiger partial charge in [-0.3, -0.25) is 9.10 Å². The lowest BCUT2D eigenvalue weighted by molar-refractivity contribution is -0.131. The minimum Gasteiger partial charge on any atom is -0.497 e. The summed E-state index contributed by atoms with van der Waals surface area (Å²) in [5, 5.41) is 0. The molecule has 0 heterocycles. The van der Waals surface area contributed by atoms with E-state index in [0.29, 0.717) is 24.4 Å². The number of methoxy groups -OCH3 is 2. The number of rotatable bonds is 9. The van der Waals surface area contributed by atoms with Crippen molar-refractivity contribution in [3.63, 3.8) is 0 Å². The fourth-order valence-corrected chi connectivity index (χ4v) is 4.32. The van der Waals surface area contributed by atoms with E-state index in [-0.39, 0.29) is 5.91 Å². The summed E-state index contributed by atoms with van der Waals surface area (Å²) in [7, 11) is 1.12. The lowest BCUT2D eigenvalue weighted by Crippen LogP contribution is -2.49. The summed E-state index contributed by atoms with van der Waals surface area (Å²) in [4.78, 5) is 14.7. The van der Waals surface area contributed by atoms with Gasteiger partial charge in [0.05, 0.1) is 26.2 Å². The highest BCUT2D eigenvalue weighted by Crippen LogP contribution is 2.26. The molecule has 0 spiro atoms. The van der Waals surface area contributed by atoms with Crippen LogP contribution in [0, 0.1) is 0 Å². The van der Waals surface area contributed by atoms with Gasteiger partial charge in [-0.1, -0.05) is 19.1 Å². The second kappa shape index (κ2) is 9.65. The molecule has 0 aromatic heterocycles. The Hall–Kier alpha value is -2.74. The Morgan fingerprint density at radius 3 is 1.86 bits per heavy atom. The van der Waals surface area contributed by atoms with Gasteiger partial charge < -0.3 is 14.4 Å². The maximum atomic E-state index is 13.2. The highest BCUT2D eigenvalue weighted by atomic mass is 32.2. The maximum absolute atomic E-state index is 13.2. The number of carbonyl (C=O) groups excluding carboxylic acids is 1. The zero-order valence-electron chi connectivity index (χ0n) is 17.5. The molecule has 0 aliphatic rings. The molecule has 1 unspecified atom stereocenters. The van der Waals surface area contributed by atoms with Gasteiger partial charge in [0.15, 0.2) is 0 Å². The molecule has 7 nitrogen and oxygen atoms in total. The molecule has 0 N–H and O–H groups in total. The van der Waals surface area contributed by atoms with Gasteiger partial charge in [0.25, 0.3) is 0 Å². The summed E-state index contributed by atoms with van der Waals surface area (Å²) >= 11 is 0. The van der Waals surface area contributed by atoms with Gasteiger partial charge in [0.2, 0.25) is 15.9 Å². The van der Waals surface area contributed by atoms with Crippen LogP contribution in [0.1, 0.15) is 18.9 Å². The zero-order chi connectivity index (χ0) is 21.6. The van der Waals surface area contributed by atoms with Crippen LogP contribution in [0.2, 0.25) is 0 Å². The number of carbonyl (C=O) groups is 1. The third kappa shape index (κ3) is 5.63. The first kappa shape index (κ1) is 22.5. The average Bonchev–Trinajstić information content (AvgIpc) is 2.71. The highest BCUT2D eigenvalue weighted by Gasteiger charge is 2.33. The quantitative estimate of drug-likeness (QED) is 0.623. The summed E-state index contributed by atoms with van der Waals surface area (Å²) in [5.41, 5.74) is 1.35. The number of hydrogen-bond acceptors (Lipinski definition) is 5. The fourth-order valence-electron chi connectivity index (χ4n) is 3.11. The Kier molecular flexibility index (Phi) is 7.50. The van der Waals surface area contributed by atoms with Crippen molar-refractivity contribution < 1.29 is 22.7 Å². The Morgan fingerprint density at radius 1 is 0.966 bits per heavy atom. The summed E-state index contributed by atoms with van der Waals surface area (Å²) in [6.07, 6.45) is 1.45. The molecule has 2 aromatic carbocycles. The third-order valence-electron chi connectivity index (χ3n) is 4.59. The smallest absolute Gasteiger partial charge is 0.246 e. The molecule has 1 atom stereocenters. The molecule has 0 aliphatic heterocycles. The van der Waals surface area contributed by atoms with Crippen LogP contribution in [0.3, 0.4) is 0 Å². The monoisotopic (exact) mass is 420 g/mol. The Bertz CT molecular complexity index is 911. The van der Waals surface area contributed by atoms with Crippen LogP contribution in [0.15, 0.2) is 48.5 Å². The van der Waals surface area contributed by atoms with Crippen molar-refractivity contribution in [2.75, 3.05) is 31.8 Å². The summed E-state index contributed by atoms with van der Waals surface area (Å²) in [5.74, 6) is 1.07. The van der Waals surface area contributed by atoms with Crippen LogP contribution in [0.5, 0.6) is 11.5 Å². The largest absolute Gasteiger partial charge is 0.497 e. The Balaban J connectivity index is 2.28. The SMILES string of the molecule is CCC(C(=O)N(C)Cc1ccc(OC)cc1)N(c1ccc(OC)cc1)S(C)(=O)=O. The molecule has 0 radical (unpaired) electrons. The number of amides is 1. The molecule has 0 aliphatic carbocycles. The lowest BCUT2D eigenvalue weighted by atomic mass is 10.1. The first-order valence-corrected chi connectivity index (χ1v) is 11.1. The van der Waals surface area contributed by atoms with Crippen molar-refractivity contribution in [1.82, 2.24) is 4.90 Å². The van der Waals surface area contributed by atoms with Crippen LogP contribution in [0.4, 0.5) is 5.69 Å². The van der Waals surface area contributed by atoms with Crippen molar-refractivity contribution >= 4 is 21.6 Å². The van der Waals surface area contributed by atoms with Crippen molar-refractivity contribution in [3.05, 3.63) is 54.1 Å². The lowest BCUT2D eigenvalue weighted by Gasteiger charge is -2.33. The predicted octanol–water partition coefficient (Wildman–Crippen LogP) is 2.91. The van der Waals surface area contributed by atoms with E-state index in [1.54, 1.807) is 45.3 Å². The maximum Gasteiger partial charge on any atom is 0.246 e. The molecular weight excluding hydrogens is 392 g/mol. The molecular formula is C21H28N2O5S. The summed E-state index contributed by atoms with van der Waals surface area (Å²) in [6.45, 7) is 2.16. The van der Waals surface area contributed by atoms with E-state index in [2.05, 4.69) is 0 Å². The predicted molar refractivity (Wildman–Crippen MR) is 114 cm³/mol. The van der Waals surface area contributed by atoms with E-state index in [0.717, 1.165) is 17.6 Å². The van der Waals surface area contributed by atoms with Crippen LogP contribution < -0.4 is 13.8 Å². The van der Waals surface area contributed by atoms with Gasteiger partial charge >= 0.3 is 0 Å². The van der Waals surface area contributed by atoms with Crippen molar-refractivity contribution in [2.45, 2.75) is 25.9 Å². The molecule has 2 aromatic rings. The highest BCUT2D eigenvalue weighted by molar-refractivity contribution is 7.92. The van der Waals surface area contributed by atoms with Crippen molar-refractivity contribution in [3.8, 4) is 11.5 Å². The number of hydrogen-bond donors (Lipinski definition) is 0. The number of ether oxygens (including phenoxy) is 2.